The molecule has 1 atom stereocenters. The molecule has 0 rings (SSSR count). The molecule has 0 radical (unpaired) electrons. The van der Waals surface area contributed by atoms with Crippen molar-refractivity contribution in [1.82, 2.24) is 21.3 Å². The van der Waals surface area contributed by atoms with Gasteiger partial charge >= 0.3 is 0 Å². The zero-order chi connectivity index (χ0) is 26.8. The quantitative estimate of drug-likeness (QED) is 0.263. The number of unbranched alkanes of at least 4 members (excludes halogenated alkanes) is 1. The number of carbonyl (C=O) groups is 4. The minimum atomic E-state index is -0.570. The summed E-state index contributed by atoms with van der Waals surface area (Å²) in [5, 5.41) is 10.3. The van der Waals surface area contributed by atoms with E-state index in [1.54, 1.807) is 20.9 Å². The van der Waals surface area contributed by atoms with Crippen LogP contribution in [0.5, 0.6) is 0 Å². The fourth-order valence-corrected chi connectivity index (χ4v) is 1.31. The highest BCUT2D eigenvalue weighted by molar-refractivity contribution is 5.87. The number of likely N-dealkylation sites (N-methyl/N-ethyl adjacent to an activating group) is 1. The van der Waals surface area contributed by atoms with Crippen LogP contribution >= 0.6 is 0 Å². The van der Waals surface area contributed by atoms with Crippen molar-refractivity contribution < 1.29 is 28.7 Å². The summed E-state index contributed by atoms with van der Waals surface area (Å²) < 4.78 is 9.82. The molecule has 0 heterocycles. The van der Waals surface area contributed by atoms with Crippen LogP contribution in [0.4, 0.5) is 0 Å². The number of nitrogens with one attached hydrogen (secondary N) is 4. The Labute approximate surface area is 201 Å². The largest absolute Gasteiger partial charge is 0.357 e. The fraction of sp³-hybridized carbons (Fsp3) is 0.826. The molecule has 1 unspecified atom stereocenters. The average Bonchev–Trinajstić information content (AvgIpc) is 2.72. The molecule has 10 heteroatoms. The van der Waals surface area contributed by atoms with E-state index in [0.29, 0.717) is 6.73 Å². The summed E-state index contributed by atoms with van der Waals surface area (Å²) >= 11 is 0. The molecule has 10 nitrogen and oxygen atoms in total. The number of ether oxygens (including phenoxy) is 2. The third kappa shape index (κ3) is 40.8. The third-order valence-corrected chi connectivity index (χ3v) is 3.47. The van der Waals surface area contributed by atoms with E-state index in [1.165, 1.54) is 26.8 Å². The molecule has 4 N–H and O–H groups in total. The molecule has 198 valence electrons. The maximum absolute atomic E-state index is 11.2. The van der Waals surface area contributed by atoms with Gasteiger partial charge in [0.1, 0.15) is 25.2 Å². The number of amides is 3. The van der Waals surface area contributed by atoms with E-state index in [0.717, 1.165) is 0 Å². The van der Waals surface area contributed by atoms with E-state index < -0.39 is 6.04 Å². The molecule has 3 amide bonds. The molecular weight excluding hydrogens is 428 g/mol. The molecule has 33 heavy (non-hydrogen) atoms. The average molecular weight is 479 g/mol. The van der Waals surface area contributed by atoms with Gasteiger partial charge < -0.3 is 25.4 Å². The monoisotopic (exact) mass is 478 g/mol. The van der Waals surface area contributed by atoms with Crippen molar-refractivity contribution in [2.24, 2.45) is 5.92 Å². The Morgan fingerprint density at radius 1 is 0.818 bits per heavy atom. The van der Waals surface area contributed by atoms with E-state index >= 15 is 0 Å². The maximum Gasteiger partial charge on any atom is 0.246 e. The van der Waals surface area contributed by atoms with E-state index in [9.17, 15) is 19.2 Å². The Morgan fingerprint density at radius 3 is 1.58 bits per heavy atom. The van der Waals surface area contributed by atoms with Crippen molar-refractivity contribution >= 4 is 23.5 Å². The van der Waals surface area contributed by atoms with Crippen molar-refractivity contribution in [3.8, 4) is 0 Å². The first-order valence-electron chi connectivity index (χ1n) is 11.4. The van der Waals surface area contributed by atoms with E-state index in [1.807, 2.05) is 27.7 Å². The summed E-state index contributed by atoms with van der Waals surface area (Å²) in [7, 11) is 3.24. The van der Waals surface area contributed by atoms with Crippen LogP contribution < -0.4 is 21.3 Å². The molecule has 0 spiro atoms. The Kier molecular flexibility index (Phi) is 32.4. The summed E-state index contributed by atoms with van der Waals surface area (Å²) in [5.41, 5.74) is 0. The molecule has 0 fully saturated rings. The van der Waals surface area contributed by atoms with Crippen LogP contribution in [0.3, 0.4) is 0 Å². The SMILES string of the molecule is CC(=O)C(C)C.CC(=O)NC(C)C.CCCC.CNCOCOCC(=O)NC(C)C(=O)NC. The first-order chi connectivity index (χ1) is 15.3. The smallest absolute Gasteiger partial charge is 0.246 e. The second kappa shape index (κ2) is 28.0. The highest BCUT2D eigenvalue weighted by atomic mass is 16.7. The molecule has 0 bridgehead atoms. The number of hydrogen-bond acceptors (Lipinski definition) is 7. The summed E-state index contributed by atoms with van der Waals surface area (Å²) in [4.78, 5) is 42.6. The van der Waals surface area contributed by atoms with Crippen LogP contribution in [-0.2, 0) is 28.7 Å². The normalized spacial score (nSPS) is 10.3. The second-order valence-electron chi connectivity index (χ2n) is 7.69. The lowest BCUT2D eigenvalue weighted by Gasteiger charge is -2.12. The third-order valence-electron chi connectivity index (χ3n) is 3.47. The Hall–Kier alpha value is -2.04. The van der Waals surface area contributed by atoms with Gasteiger partial charge in [0.25, 0.3) is 0 Å². The van der Waals surface area contributed by atoms with Gasteiger partial charge in [0, 0.05) is 25.9 Å². The van der Waals surface area contributed by atoms with Crippen LogP contribution in [-0.4, -0.2) is 69.8 Å². The first kappa shape index (κ1) is 38.2. The Balaban J connectivity index is -0.000000203. The summed E-state index contributed by atoms with van der Waals surface area (Å²) in [6.07, 6.45) is 2.64. The number of Topliss-reactive ketones (excluding diaryl/α,β-unsaturated/α-hetero) is 1. The number of rotatable bonds is 11. The van der Waals surface area contributed by atoms with E-state index in [4.69, 9.17) is 9.47 Å². The molecule has 0 aromatic rings. The molecule has 0 saturated carbocycles. The predicted molar refractivity (Wildman–Crippen MR) is 133 cm³/mol. The molecule has 0 aromatic carbocycles. The zero-order valence-corrected chi connectivity index (χ0v) is 22.7. The maximum atomic E-state index is 11.2. The van der Waals surface area contributed by atoms with Crippen molar-refractivity contribution in [3.05, 3.63) is 0 Å². The minimum absolute atomic E-state index is 0.0304. The van der Waals surface area contributed by atoms with Crippen LogP contribution in [0.1, 0.15) is 75.2 Å². The molecule has 0 aliphatic heterocycles. The van der Waals surface area contributed by atoms with Gasteiger partial charge in [-0.25, -0.2) is 0 Å². The van der Waals surface area contributed by atoms with Crippen LogP contribution in [0, 0.1) is 5.92 Å². The molecule has 0 aliphatic rings. The summed E-state index contributed by atoms with van der Waals surface area (Å²) in [6, 6.07) is -0.295. The van der Waals surface area contributed by atoms with E-state index in [-0.39, 0.29) is 48.9 Å². The van der Waals surface area contributed by atoms with Gasteiger partial charge in [-0.3, -0.25) is 24.5 Å². The van der Waals surface area contributed by atoms with Crippen LogP contribution in [0.15, 0.2) is 0 Å². The predicted octanol–water partition coefficient (Wildman–Crippen LogP) is 1.97. The van der Waals surface area contributed by atoms with Gasteiger partial charge in [0.15, 0.2) is 0 Å². The lowest BCUT2D eigenvalue weighted by atomic mass is 10.1. The number of ketones is 1. The van der Waals surface area contributed by atoms with Crippen molar-refractivity contribution in [1.29, 1.82) is 0 Å². The summed E-state index contributed by atoms with van der Waals surface area (Å²) in [6.45, 7) is 17.0. The van der Waals surface area contributed by atoms with Crippen LogP contribution in [0.25, 0.3) is 0 Å². The van der Waals surface area contributed by atoms with Gasteiger partial charge in [-0.1, -0.05) is 40.5 Å². The lowest BCUT2D eigenvalue weighted by Crippen LogP contribution is -2.44. The number of hydrogen-bond donors (Lipinski definition) is 4. The highest BCUT2D eigenvalue weighted by Gasteiger charge is 2.13. The number of carbonyl (C=O) groups excluding carboxylic acids is 4. The van der Waals surface area contributed by atoms with E-state index in [2.05, 4.69) is 35.1 Å². The van der Waals surface area contributed by atoms with Crippen LogP contribution in [0.2, 0.25) is 0 Å². The van der Waals surface area contributed by atoms with Gasteiger partial charge in [0.05, 0.1) is 6.73 Å². The molecule has 0 aliphatic carbocycles. The Bertz CT molecular complexity index is 497. The van der Waals surface area contributed by atoms with Crippen molar-refractivity contribution in [3.63, 3.8) is 0 Å². The summed E-state index contributed by atoms with van der Waals surface area (Å²) in [5.74, 6) is -0.0982. The Morgan fingerprint density at radius 2 is 1.30 bits per heavy atom. The topological polar surface area (TPSA) is 135 Å². The zero-order valence-electron chi connectivity index (χ0n) is 22.7. The van der Waals surface area contributed by atoms with Gasteiger partial charge in [-0.2, -0.15) is 0 Å². The molecule has 0 saturated heterocycles. The van der Waals surface area contributed by atoms with Crippen molar-refractivity contribution in [2.75, 3.05) is 34.2 Å². The second-order valence-corrected chi connectivity index (χ2v) is 7.69. The molecular formula is C23H50N4O6. The van der Waals surface area contributed by atoms with Crippen molar-refractivity contribution in [2.45, 2.75) is 87.2 Å². The highest BCUT2D eigenvalue weighted by Crippen LogP contribution is 1.89. The van der Waals surface area contributed by atoms with Gasteiger partial charge in [-0.05, 0) is 34.7 Å². The fourth-order valence-electron chi connectivity index (χ4n) is 1.31. The van der Waals surface area contributed by atoms with Gasteiger partial charge in [-0.15, -0.1) is 0 Å². The standard InChI is InChI=1S/C9H19N3O4.C5H11NO.C5H10O.C4H10/c1-7(9(14)11-3)12-8(13)4-15-6-16-5-10-2;1-4(2)6-5(3)7;1-4(2)5(3)6;1-3-4-2/h7,10H,4-6H2,1-3H3,(H,11,14)(H,12,13);4H,1-3H3,(H,6,7);4H,1-3H3;3-4H2,1-2H3. The lowest BCUT2D eigenvalue weighted by molar-refractivity contribution is -0.135. The first-order valence-corrected chi connectivity index (χ1v) is 11.4. The minimum Gasteiger partial charge on any atom is -0.357 e. The molecule has 0 aromatic heterocycles. The van der Waals surface area contributed by atoms with Gasteiger partial charge in [0.2, 0.25) is 17.7 Å².